The summed E-state index contributed by atoms with van der Waals surface area (Å²) in [4.78, 5) is 23.5. The summed E-state index contributed by atoms with van der Waals surface area (Å²) in [5, 5.41) is 2.73. The van der Waals surface area contributed by atoms with Crippen molar-refractivity contribution < 1.29 is 22.7 Å². The number of amides is 1. The van der Waals surface area contributed by atoms with E-state index in [1.165, 1.54) is 37.3 Å². The van der Waals surface area contributed by atoms with Gasteiger partial charge in [0.05, 0.1) is 4.90 Å². The van der Waals surface area contributed by atoms with Gasteiger partial charge in [0.15, 0.2) is 5.78 Å². The van der Waals surface area contributed by atoms with Crippen molar-refractivity contribution in [1.82, 2.24) is 5.32 Å². The van der Waals surface area contributed by atoms with Gasteiger partial charge in [-0.1, -0.05) is 12.1 Å². The van der Waals surface area contributed by atoms with E-state index in [0.29, 0.717) is 36.4 Å². The van der Waals surface area contributed by atoms with Gasteiger partial charge in [0.2, 0.25) is 0 Å². The van der Waals surface area contributed by atoms with Crippen molar-refractivity contribution in [2.45, 2.75) is 18.2 Å². The SMILES string of the molecule is COCCCNC(=O)c1ccc(S(=O)(=O)Nc2cccc(C(C)=O)c2)cc1. The number of hydrogen-bond donors (Lipinski definition) is 2. The van der Waals surface area contributed by atoms with Crippen LogP contribution in [-0.4, -0.2) is 40.4 Å². The van der Waals surface area contributed by atoms with Crippen molar-refractivity contribution in [3.05, 3.63) is 59.7 Å². The molecule has 0 spiro atoms. The molecule has 2 N–H and O–H groups in total. The van der Waals surface area contributed by atoms with E-state index in [1.807, 2.05) is 0 Å². The first-order valence-corrected chi connectivity index (χ1v) is 9.83. The largest absolute Gasteiger partial charge is 0.385 e. The Labute approximate surface area is 158 Å². The van der Waals surface area contributed by atoms with Crippen LogP contribution in [0.1, 0.15) is 34.1 Å². The molecule has 0 saturated heterocycles. The van der Waals surface area contributed by atoms with Gasteiger partial charge in [-0.2, -0.15) is 0 Å². The molecule has 1 amide bonds. The Hall–Kier alpha value is -2.71. The predicted octanol–water partition coefficient (Wildman–Crippen LogP) is 2.46. The molecule has 0 heterocycles. The molecule has 0 unspecified atom stereocenters. The minimum atomic E-state index is -3.83. The maximum Gasteiger partial charge on any atom is 0.261 e. The van der Waals surface area contributed by atoms with Crippen LogP contribution in [0.2, 0.25) is 0 Å². The Bertz CT molecular complexity index is 908. The number of ether oxygens (including phenoxy) is 1. The average molecular weight is 390 g/mol. The number of sulfonamides is 1. The molecule has 2 rings (SSSR count). The summed E-state index contributed by atoms with van der Waals surface area (Å²) >= 11 is 0. The van der Waals surface area contributed by atoms with Crippen LogP contribution in [0.25, 0.3) is 0 Å². The Kier molecular flexibility index (Phi) is 7.09. The number of carbonyl (C=O) groups is 2. The summed E-state index contributed by atoms with van der Waals surface area (Å²) in [6.07, 6.45) is 0.692. The van der Waals surface area contributed by atoms with Crippen LogP contribution in [-0.2, 0) is 14.8 Å². The smallest absolute Gasteiger partial charge is 0.261 e. The number of ketones is 1. The van der Waals surface area contributed by atoms with E-state index in [0.717, 1.165) is 0 Å². The van der Waals surface area contributed by atoms with Gasteiger partial charge in [-0.3, -0.25) is 14.3 Å². The monoisotopic (exact) mass is 390 g/mol. The molecule has 144 valence electrons. The maximum absolute atomic E-state index is 12.5. The number of carbonyl (C=O) groups excluding carboxylic acids is 2. The van der Waals surface area contributed by atoms with E-state index in [1.54, 1.807) is 25.3 Å². The van der Waals surface area contributed by atoms with E-state index in [9.17, 15) is 18.0 Å². The van der Waals surface area contributed by atoms with Crippen LogP contribution < -0.4 is 10.0 Å². The highest BCUT2D eigenvalue weighted by Crippen LogP contribution is 2.18. The molecule has 0 aromatic heterocycles. The number of nitrogens with one attached hydrogen (secondary N) is 2. The zero-order valence-electron chi connectivity index (χ0n) is 15.2. The highest BCUT2D eigenvalue weighted by molar-refractivity contribution is 7.92. The fraction of sp³-hybridized carbons (Fsp3) is 0.263. The Morgan fingerprint density at radius 1 is 1.04 bits per heavy atom. The number of benzene rings is 2. The average Bonchev–Trinajstić information content (AvgIpc) is 2.65. The number of rotatable bonds is 9. The Morgan fingerprint density at radius 3 is 2.37 bits per heavy atom. The molecule has 27 heavy (non-hydrogen) atoms. The van der Waals surface area contributed by atoms with Gasteiger partial charge < -0.3 is 10.1 Å². The Morgan fingerprint density at radius 2 is 1.74 bits per heavy atom. The molecule has 0 aliphatic rings. The van der Waals surface area contributed by atoms with Crippen molar-refractivity contribution in [2.75, 3.05) is 25.0 Å². The third kappa shape index (κ3) is 5.90. The first-order chi connectivity index (χ1) is 12.8. The number of anilines is 1. The summed E-state index contributed by atoms with van der Waals surface area (Å²) in [5.74, 6) is -0.436. The lowest BCUT2D eigenvalue weighted by molar-refractivity contribution is 0.0947. The van der Waals surface area contributed by atoms with Gasteiger partial charge in [0, 0.05) is 37.1 Å². The first-order valence-electron chi connectivity index (χ1n) is 8.34. The molecular formula is C19H22N2O5S. The molecule has 0 atom stereocenters. The van der Waals surface area contributed by atoms with Crippen molar-refractivity contribution in [3.8, 4) is 0 Å². The van der Waals surface area contributed by atoms with Crippen LogP contribution in [0.4, 0.5) is 5.69 Å². The Balaban J connectivity index is 2.07. The normalized spacial score (nSPS) is 11.0. The van der Waals surface area contributed by atoms with Crippen LogP contribution in [0.3, 0.4) is 0 Å². The van der Waals surface area contributed by atoms with Gasteiger partial charge in [-0.25, -0.2) is 8.42 Å². The summed E-state index contributed by atoms with van der Waals surface area (Å²) in [6.45, 7) is 2.43. The van der Waals surface area contributed by atoms with Gasteiger partial charge >= 0.3 is 0 Å². The summed E-state index contributed by atoms with van der Waals surface area (Å²) in [6, 6.07) is 11.9. The van der Waals surface area contributed by atoms with Gasteiger partial charge in [0.25, 0.3) is 15.9 Å². The number of hydrogen-bond acceptors (Lipinski definition) is 5. The molecule has 2 aromatic rings. The lowest BCUT2D eigenvalue weighted by Gasteiger charge is -2.10. The zero-order chi connectivity index (χ0) is 19.9. The summed E-state index contributed by atoms with van der Waals surface area (Å²) < 4.78 is 32.3. The molecule has 7 nitrogen and oxygen atoms in total. The quantitative estimate of drug-likeness (QED) is 0.506. The lowest BCUT2D eigenvalue weighted by atomic mass is 10.1. The molecule has 0 radical (unpaired) electrons. The molecule has 0 aliphatic heterocycles. The van der Waals surface area contributed by atoms with Crippen LogP contribution in [0.15, 0.2) is 53.4 Å². The highest BCUT2D eigenvalue weighted by atomic mass is 32.2. The minimum Gasteiger partial charge on any atom is -0.385 e. The van der Waals surface area contributed by atoms with Gasteiger partial charge in [-0.15, -0.1) is 0 Å². The third-order valence-corrected chi connectivity index (χ3v) is 5.16. The molecular weight excluding hydrogens is 368 g/mol. The van der Waals surface area contributed by atoms with Gasteiger partial charge in [-0.05, 0) is 49.7 Å². The van der Waals surface area contributed by atoms with Crippen LogP contribution in [0.5, 0.6) is 0 Å². The van der Waals surface area contributed by atoms with E-state index in [2.05, 4.69) is 10.0 Å². The first kappa shape index (κ1) is 20.6. The topological polar surface area (TPSA) is 102 Å². The van der Waals surface area contributed by atoms with Crippen molar-refractivity contribution in [3.63, 3.8) is 0 Å². The molecule has 2 aromatic carbocycles. The molecule has 8 heteroatoms. The number of methoxy groups -OCH3 is 1. The fourth-order valence-electron chi connectivity index (χ4n) is 2.32. The highest BCUT2D eigenvalue weighted by Gasteiger charge is 2.15. The second-order valence-electron chi connectivity index (χ2n) is 5.87. The standard InChI is InChI=1S/C19H22N2O5S/c1-14(22)16-5-3-6-17(13-16)21-27(24,25)18-9-7-15(8-10-18)19(23)20-11-4-12-26-2/h3,5-10,13,21H,4,11-12H2,1-2H3,(H,20,23). The molecule has 0 aliphatic carbocycles. The second-order valence-corrected chi connectivity index (χ2v) is 7.55. The summed E-state index contributed by atoms with van der Waals surface area (Å²) in [5.41, 5.74) is 1.07. The molecule has 0 bridgehead atoms. The maximum atomic E-state index is 12.5. The fourth-order valence-corrected chi connectivity index (χ4v) is 3.37. The lowest BCUT2D eigenvalue weighted by Crippen LogP contribution is -2.25. The van der Waals surface area contributed by atoms with E-state index in [4.69, 9.17) is 4.74 Å². The van der Waals surface area contributed by atoms with E-state index < -0.39 is 10.0 Å². The predicted molar refractivity (Wildman–Crippen MR) is 103 cm³/mol. The van der Waals surface area contributed by atoms with Crippen molar-refractivity contribution in [2.24, 2.45) is 0 Å². The van der Waals surface area contributed by atoms with Crippen molar-refractivity contribution in [1.29, 1.82) is 0 Å². The molecule has 0 fully saturated rings. The summed E-state index contributed by atoms with van der Waals surface area (Å²) in [7, 11) is -2.24. The minimum absolute atomic E-state index is 0.0201. The van der Waals surface area contributed by atoms with Gasteiger partial charge in [0.1, 0.15) is 0 Å². The van der Waals surface area contributed by atoms with Crippen LogP contribution in [0, 0.1) is 0 Å². The zero-order valence-corrected chi connectivity index (χ0v) is 16.0. The third-order valence-electron chi connectivity index (χ3n) is 3.76. The molecule has 0 saturated carbocycles. The number of Topliss-reactive ketones (excluding diaryl/α,β-unsaturated/α-hetero) is 1. The van der Waals surface area contributed by atoms with E-state index >= 15 is 0 Å². The van der Waals surface area contributed by atoms with E-state index in [-0.39, 0.29) is 16.6 Å². The van der Waals surface area contributed by atoms with Crippen LogP contribution >= 0.6 is 0 Å². The second kappa shape index (κ2) is 9.29. The van der Waals surface area contributed by atoms with Crippen molar-refractivity contribution >= 4 is 27.4 Å².